The van der Waals surface area contributed by atoms with E-state index in [1.165, 1.54) is 24.3 Å². The van der Waals surface area contributed by atoms with Crippen LogP contribution in [0.5, 0.6) is 5.75 Å². The summed E-state index contributed by atoms with van der Waals surface area (Å²) < 4.78 is 5.88. The Morgan fingerprint density at radius 3 is 2.78 bits per heavy atom. The van der Waals surface area contributed by atoms with Crippen LogP contribution in [0.1, 0.15) is 34.9 Å². The highest BCUT2D eigenvalue weighted by atomic mass is 16.6. The molecule has 1 aromatic heterocycles. The van der Waals surface area contributed by atoms with E-state index < -0.39 is 11.0 Å². The minimum absolute atomic E-state index is 0.0441. The van der Waals surface area contributed by atoms with Gasteiger partial charge in [-0.25, -0.2) is 0 Å². The number of ether oxygens (including phenoxy) is 1. The zero-order valence-corrected chi connectivity index (χ0v) is 20.2. The number of non-ortho nitro benzene ring substituents is 1. The third kappa shape index (κ3) is 4.16. The number of nitro benzene ring substituents is 1. The average Bonchev–Trinajstić information content (AvgIpc) is 2.91. The van der Waals surface area contributed by atoms with Crippen molar-refractivity contribution in [3.8, 4) is 5.75 Å². The number of hydrogen-bond acceptors (Lipinski definition) is 6. The molecule has 0 radical (unpaired) electrons. The van der Waals surface area contributed by atoms with Crippen LogP contribution in [0.25, 0.3) is 10.9 Å². The van der Waals surface area contributed by atoms with Gasteiger partial charge in [0, 0.05) is 48.0 Å². The van der Waals surface area contributed by atoms with Crippen LogP contribution in [-0.4, -0.2) is 58.1 Å². The van der Waals surface area contributed by atoms with Crippen molar-refractivity contribution >= 4 is 22.4 Å². The molecular formula is C28H30N3O5+. The molecule has 0 aliphatic carbocycles. The fourth-order valence-electron chi connectivity index (χ4n) is 6.27. The first-order valence-corrected chi connectivity index (χ1v) is 12.2. The number of carbonyl (C=O) groups is 1. The second kappa shape index (κ2) is 9.44. The molecule has 8 nitrogen and oxygen atoms in total. The topological polar surface area (TPSA) is 103 Å². The first kappa shape index (κ1) is 24.1. The monoisotopic (exact) mass is 488 g/mol. The maximum absolute atomic E-state index is 13.5. The van der Waals surface area contributed by atoms with Gasteiger partial charge in [-0.1, -0.05) is 6.08 Å². The highest BCUT2D eigenvalue weighted by molar-refractivity contribution is 5.97. The number of aromatic nitrogens is 1. The Hall–Kier alpha value is -3.62. The fraction of sp³-hybridized carbons (Fsp3) is 0.357. The Morgan fingerprint density at radius 1 is 1.31 bits per heavy atom. The lowest BCUT2D eigenvalue weighted by atomic mass is 9.71. The van der Waals surface area contributed by atoms with Crippen molar-refractivity contribution in [2.75, 3.05) is 26.7 Å². The highest BCUT2D eigenvalue weighted by Crippen LogP contribution is 2.47. The number of nitro groups is 1. The molecule has 3 aliphatic rings. The first-order chi connectivity index (χ1) is 17.3. The van der Waals surface area contributed by atoms with Gasteiger partial charge in [0.1, 0.15) is 24.4 Å². The van der Waals surface area contributed by atoms with Crippen LogP contribution in [0.4, 0.5) is 5.69 Å². The van der Waals surface area contributed by atoms with Gasteiger partial charge in [-0.2, -0.15) is 0 Å². The number of aliphatic hydroxyl groups is 1. The molecule has 3 unspecified atom stereocenters. The number of piperidine rings is 3. The van der Waals surface area contributed by atoms with E-state index in [2.05, 4.69) is 11.6 Å². The Kier molecular flexibility index (Phi) is 6.32. The molecule has 3 aromatic rings. The summed E-state index contributed by atoms with van der Waals surface area (Å²) in [5.74, 6) is 1.31. The largest absolute Gasteiger partial charge is 0.497 e. The van der Waals surface area contributed by atoms with E-state index in [4.69, 9.17) is 4.74 Å². The van der Waals surface area contributed by atoms with E-state index in [0.29, 0.717) is 21.7 Å². The Balaban J connectivity index is 1.51. The van der Waals surface area contributed by atoms with Crippen molar-refractivity contribution < 1.29 is 24.0 Å². The molecule has 8 heteroatoms. The lowest BCUT2D eigenvalue weighted by molar-refractivity contribution is -0.966. The number of ketones is 1. The smallest absolute Gasteiger partial charge is 0.269 e. The number of rotatable bonds is 8. The van der Waals surface area contributed by atoms with Gasteiger partial charge in [-0.05, 0) is 47.9 Å². The summed E-state index contributed by atoms with van der Waals surface area (Å²) in [5, 5.41) is 23.7. The Bertz CT molecular complexity index is 1320. The molecule has 0 saturated carbocycles. The van der Waals surface area contributed by atoms with Crippen molar-refractivity contribution in [3.05, 3.63) is 88.6 Å². The Labute approximate surface area is 209 Å². The minimum atomic E-state index is -0.791. The zero-order chi connectivity index (χ0) is 25.4. The molecule has 2 bridgehead atoms. The van der Waals surface area contributed by atoms with E-state index in [1.807, 2.05) is 30.3 Å². The molecule has 1 N–H and O–H groups in total. The van der Waals surface area contributed by atoms with Crippen LogP contribution in [0.15, 0.2) is 67.4 Å². The van der Waals surface area contributed by atoms with Crippen molar-refractivity contribution in [3.63, 3.8) is 0 Å². The van der Waals surface area contributed by atoms with Gasteiger partial charge < -0.3 is 14.3 Å². The van der Waals surface area contributed by atoms with Gasteiger partial charge >= 0.3 is 0 Å². The fourth-order valence-corrected chi connectivity index (χ4v) is 6.27. The number of aliphatic hydroxyl groups excluding tert-OH is 1. The summed E-state index contributed by atoms with van der Waals surface area (Å²) in [6.45, 7) is 5.80. The summed E-state index contributed by atoms with van der Waals surface area (Å²) in [5.41, 5.74) is 1.97. The van der Waals surface area contributed by atoms with Gasteiger partial charge in [0.25, 0.3) is 5.69 Å². The number of benzene rings is 2. The maximum atomic E-state index is 13.5. The molecule has 36 heavy (non-hydrogen) atoms. The average molecular weight is 489 g/mol. The second-order valence-corrected chi connectivity index (χ2v) is 9.99. The van der Waals surface area contributed by atoms with Crippen LogP contribution in [0.2, 0.25) is 0 Å². The number of methoxy groups -OCH3 is 1. The first-order valence-electron chi connectivity index (χ1n) is 12.2. The molecule has 186 valence electrons. The quantitative estimate of drug-likeness (QED) is 0.165. The number of Topliss-reactive ketones (excluding diaryl/α,β-unsaturated/α-hetero) is 1. The molecule has 3 saturated heterocycles. The summed E-state index contributed by atoms with van der Waals surface area (Å²) in [7, 11) is 1.61. The SMILES string of the molecule is C=CC1C[N+]2(CC(=O)c3ccc([N+](=O)[O-])cc3)CCC1C[C@@H]2[C@@H](O)c1ccnc2ccc(OC)cc12. The van der Waals surface area contributed by atoms with E-state index >= 15 is 0 Å². The maximum Gasteiger partial charge on any atom is 0.269 e. The Morgan fingerprint density at radius 2 is 2.08 bits per heavy atom. The van der Waals surface area contributed by atoms with Crippen LogP contribution in [-0.2, 0) is 0 Å². The summed E-state index contributed by atoms with van der Waals surface area (Å²) >= 11 is 0. The number of fused-ring (bicyclic) bond motifs is 4. The van der Waals surface area contributed by atoms with E-state index in [0.717, 1.165) is 42.4 Å². The predicted molar refractivity (Wildman–Crippen MR) is 136 cm³/mol. The van der Waals surface area contributed by atoms with Crippen molar-refractivity contribution in [1.82, 2.24) is 4.98 Å². The second-order valence-electron chi connectivity index (χ2n) is 9.99. The number of pyridine rings is 1. The normalized spacial score (nSPS) is 25.9. The third-order valence-electron chi connectivity index (χ3n) is 8.20. The predicted octanol–water partition coefficient (Wildman–Crippen LogP) is 4.48. The molecule has 0 amide bonds. The number of carbonyl (C=O) groups excluding carboxylic acids is 1. The van der Waals surface area contributed by atoms with Crippen LogP contribution in [0, 0.1) is 22.0 Å². The standard InChI is InChI=1S/C28H30N3O5/c1-3-18-16-31(17-27(32)19-4-6-21(7-5-19)30(34)35)13-11-20(18)14-26(31)28(33)23-10-12-29-25-9-8-22(36-2)15-24(23)25/h3-10,12,15,18,20,26,28,33H,1,11,13-14,16-17H2,2H3/q+1/t18?,20?,26-,28+,31?/m1/s1. The lowest BCUT2D eigenvalue weighted by Crippen LogP contribution is -2.69. The van der Waals surface area contributed by atoms with Crippen LogP contribution in [0.3, 0.4) is 0 Å². The van der Waals surface area contributed by atoms with Crippen LogP contribution >= 0.6 is 0 Å². The molecule has 2 aromatic carbocycles. The van der Waals surface area contributed by atoms with Crippen molar-refractivity contribution in [2.24, 2.45) is 11.8 Å². The van der Waals surface area contributed by atoms with Gasteiger partial charge in [-0.15, -0.1) is 6.58 Å². The zero-order valence-electron chi connectivity index (χ0n) is 20.2. The molecule has 3 aliphatic heterocycles. The van der Waals surface area contributed by atoms with Gasteiger partial charge in [0.05, 0.1) is 30.6 Å². The van der Waals surface area contributed by atoms with E-state index in [9.17, 15) is 20.0 Å². The molecule has 0 spiro atoms. The van der Waals surface area contributed by atoms with E-state index in [1.54, 1.807) is 13.3 Å². The lowest BCUT2D eigenvalue weighted by Gasteiger charge is -2.57. The number of quaternary nitrogens is 1. The van der Waals surface area contributed by atoms with Crippen molar-refractivity contribution in [2.45, 2.75) is 25.0 Å². The highest BCUT2D eigenvalue weighted by Gasteiger charge is 2.54. The molecule has 5 atom stereocenters. The van der Waals surface area contributed by atoms with Gasteiger partial charge in [0.2, 0.25) is 5.78 Å². The molecular weight excluding hydrogens is 458 g/mol. The summed E-state index contributed by atoms with van der Waals surface area (Å²) in [6.07, 6.45) is 4.67. The third-order valence-corrected chi connectivity index (χ3v) is 8.20. The van der Waals surface area contributed by atoms with Gasteiger partial charge in [-0.3, -0.25) is 19.9 Å². The number of nitrogens with zero attached hydrogens (tertiary/aromatic N) is 3. The van der Waals surface area contributed by atoms with Crippen LogP contribution < -0.4 is 4.74 Å². The van der Waals surface area contributed by atoms with Gasteiger partial charge in [0.15, 0.2) is 0 Å². The molecule has 6 rings (SSSR count). The summed E-state index contributed by atoms with van der Waals surface area (Å²) in [4.78, 5) is 28.5. The number of hydrogen-bond donors (Lipinski definition) is 1. The summed E-state index contributed by atoms with van der Waals surface area (Å²) in [6, 6.07) is 13.1. The minimum Gasteiger partial charge on any atom is -0.497 e. The van der Waals surface area contributed by atoms with Crippen molar-refractivity contribution in [1.29, 1.82) is 0 Å². The molecule has 3 fully saturated rings. The molecule has 4 heterocycles. The van der Waals surface area contributed by atoms with E-state index in [-0.39, 0.29) is 30.0 Å².